The first-order valence-corrected chi connectivity index (χ1v) is 13.9. The smallest absolute Gasteiger partial charge is 0.0777 e. The monoisotopic (exact) mass is 446 g/mol. The Morgan fingerprint density at radius 1 is 0.700 bits per heavy atom. The van der Waals surface area contributed by atoms with Crippen LogP contribution in [0.5, 0.6) is 0 Å². The van der Waals surface area contributed by atoms with E-state index >= 15 is 0 Å². The molecule has 1 nitrogen and oxygen atoms in total. The molecule has 2 rings (SSSR count). The standard InChI is InChI=1S/C27H42OS2/c1-5-9-13-21-20-29-25(22(21)14-10-6-2)17-18-26-23(15-11-7-3)24(16-12-8-4)27(19-28)30-26/h17-18,20,28H,5-16,19H2,1-4H3. The average Bonchev–Trinajstić information content (AvgIpc) is 3.31. The van der Waals surface area contributed by atoms with Crippen LogP contribution in [0, 0.1) is 0 Å². The van der Waals surface area contributed by atoms with E-state index in [1.807, 2.05) is 22.7 Å². The third-order valence-electron chi connectivity index (χ3n) is 5.92. The summed E-state index contributed by atoms with van der Waals surface area (Å²) in [4.78, 5) is 4.02. The molecule has 1 N–H and O–H groups in total. The first kappa shape index (κ1) is 25.4. The quantitative estimate of drug-likeness (QED) is 0.290. The van der Waals surface area contributed by atoms with Crippen molar-refractivity contribution in [1.29, 1.82) is 0 Å². The normalized spacial score (nSPS) is 11.8. The van der Waals surface area contributed by atoms with Gasteiger partial charge in [-0.2, -0.15) is 0 Å². The summed E-state index contributed by atoms with van der Waals surface area (Å²) in [7, 11) is 0. The van der Waals surface area contributed by atoms with Gasteiger partial charge in [-0.3, -0.25) is 0 Å². The third-order valence-corrected chi connectivity index (χ3v) is 8.18. The van der Waals surface area contributed by atoms with Gasteiger partial charge in [0.2, 0.25) is 0 Å². The topological polar surface area (TPSA) is 20.2 Å². The first-order chi connectivity index (χ1) is 14.7. The average molecular weight is 447 g/mol. The predicted octanol–water partition coefficient (Wildman–Crippen LogP) is 8.84. The summed E-state index contributed by atoms with van der Waals surface area (Å²) in [6.45, 7) is 9.26. The Hall–Kier alpha value is -0.900. The molecule has 0 atom stereocenters. The van der Waals surface area contributed by atoms with Crippen LogP contribution in [0.4, 0.5) is 0 Å². The maximum atomic E-state index is 9.98. The van der Waals surface area contributed by atoms with Gasteiger partial charge >= 0.3 is 0 Å². The van der Waals surface area contributed by atoms with Crippen LogP contribution in [0.3, 0.4) is 0 Å². The fourth-order valence-corrected chi connectivity index (χ4v) is 6.26. The molecule has 0 amide bonds. The van der Waals surface area contributed by atoms with E-state index in [2.05, 4.69) is 45.2 Å². The zero-order chi connectivity index (χ0) is 21.8. The van der Waals surface area contributed by atoms with Crippen molar-refractivity contribution in [1.82, 2.24) is 0 Å². The zero-order valence-corrected chi connectivity index (χ0v) is 21.3. The number of hydrogen-bond donors (Lipinski definition) is 1. The fraction of sp³-hybridized carbons (Fsp3) is 0.630. The van der Waals surface area contributed by atoms with E-state index in [9.17, 15) is 5.11 Å². The number of hydrogen-bond acceptors (Lipinski definition) is 3. The number of aliphatic hydroxyl groups is 1. The summed E-state index contributed by atoms with van der Waals surface area (Å²) >= 11 is 3.74. The molecule has 3 heteroatoms. The molecule has 0 unspecified atom stereocenters. The van der Waals surface area contributed by atoms with E-state index in [0.29, 0.717) is 0 Å². The molecule has 2 aromatic rings. The minimum atomic E-state index is 0.179. The van der Waals surface area contributed by atoms with Crippen LogP contribution < -0.4 is 0 Å². The lowest BCUT2D eigenvalue weighted by atomic mass is 9.97. The predicted molar refractivity (Wildman–Crippen MR) is 138 cm³/mol. The maximum Gasteiger partial charge on any atom is 0.0777 e. The minimum absolute atomic E-state index is 0.179. The zero-order valence-electron chi connectivity index (χ0n) is 19.7. The van der Waals surface area contributed by atoms with E-state index in [-0.39, 0.29) is 6.61 Å². The molecule has 30 heavy (non-hydrogen) atoms. The van der Waals surface area contributed by atoms with Gasteiger partial charge in [0.05, 0.1) is 6.61 Å². The van der Waals surface area contributed by atoms with Crippen molar-refractivity contribution in [2.45, 2.75) is 111 Å². The van der Waals surface area contributed by atoms with Crippen molar-refractivity contribution < 1.29 is 5.11 Å². The molecule has 2 heterocycles. The van der Waals surface area contributed by atoms with Crippen molar-refractivity contribution in [2.24, 2.45) is 0 Å². The number of rotatable bonds is 15. The highest BCUT2D eigenvalue weighted by Gasteiger charge is 2.16. The van der Waals surface area contributed by atoms with Crippen molar-refractivity contribution in [3.05, 3.63) is 42.3 Å². The molecular formula is C27H42OS2. The summed E-state index contributed by atoms with van der Waals surface area (Å²) in [5.41, 5.74) is 6.12. The molecule has 2 aromatic heterocycles. The van der Waals surface area contributed by atoms with Gasteiger partial charge in [-0.25, -0.2) is 0 Å². The molecule has 0 aliphatic heterocycles. The largest absolute Gasteiger partial charge is 0.391 e. The number of unbranched alkanes of at least 4 members (excludes halogenated alkanes) is 4. The summed E-state index contributed by atoms with van der Waals surface area (Å²) < 4.78 is 0. The molecule has 168 valence electrons. The lowest BCUT2D eigenvalue weighted by Gasteiger charge is -2.07. The summed E-state index contributed by atoms with van der Waals surface area (Å²) in [5, 5.41) is 12.4. The van der Waals surface area contributed by atoms with Gasteiger partial charge in [0.25, 0.3) is 0 Å². The van der Waals surface area contributed by atoms with E-state index < -0.39 is 0 Å². The highest BCUT2D eigenvalue weighted by atomic mass is 32.1. The lowest BCUT2D eigenvalue weighted by Crippen LogP contribution is -1.96. The van der Waals surface area contributed by atoms with Gasteiger partial charge in [-0.1, -0.05) is 53.4 Å². The van der Waals surface area contributed by atoms with E-state index in [1.54, 1.807) is 11.1 Å². The van der Waals surface area contributed by atoms with Crippen LogP contribution in [0.2, 0.25) is 0 Å². The van der Waals surface area contributed by atoms with Crippen LogP contribution in [-0.4, -0.2) is 5.11 Å². The van der Waals surface area contributed by atoms with E-state index in [1.165, 1.54) is 90.0 Å². The molecule has 0 saturated carbocycles. The Morgan fingerprint density at radius 2 is 1.23 bits per heavy atom. The summed E-state index contributed by atoms with van der Waals surface area (Å²) in [6.07, 6.45) is 19.3. The molecule has 0 bridgehead atoms. The van der Waals surface area contributed by atoms with Gasteiger partial charge < -0.3 is 5.11 Å². The van der Waals surface area contributed by atoms with Crippen LogP contribution in [0.1, 0.15) is 116 Å². The lowest BCUT2D eigenvalue weighted by molar-refractivity contribution is 0.284. The Balaban J connectivity index is 2.35. The van der Waals surface area contributed by atoms with Crippen LogP contribution in [-0.2, 0) is 32.3 Å². The second-order valence-electron chi connectivity index (χ2n) is 8.36. The highest BCUT2D eigenvalue weighted by molar-refractivity contribution is 7.13. The summed E-state index contributed by atoms with van der Waals surface area (Å²) in [6, 6.07) is 0. The number of aliphatic hydroxyl groups excluding tert-OH is 1. The molecule has 0 fully saturated rings. The molecular weight excluding hydrogens is 404 g/mol. The Kier molecular flexibility index (Phi) is 12.0. The second kappa shape index (κ2) is 14.2. The van der Waals surface area contributed by atoms with E-state index in [4.69, 9.17) is 0 Å². The Bertz CT molecular complexity index is 766. The van der Waals surface area contributed by atoms with Crippen molar-refractivity contribution in [2.75, 3.05) is 0 Å². The van der Waals surface area contributed by atoms with Crippen LogP contribution >= 0.6 is 22.7 Å². The van der Waals surface area contributed by atoms with Crippen molar-refractivity contribution >= 4 is 34.8 Å². The fourth-order valence-electron chi connectivity index (χ4n) is 4.05. The molecule has 0 radical (unpaired) electrons. The SMILES string of the molecule is CCCCc1csc(C=Cc2sc(CO)c(CCCC)c2CCCC)c1CCCC. The first-order valence-electron chi connectivity index (χ1n) is 12.2. The van der Waals surface area contributed by atoms with Crippen molar-refractivity contribution in [3.8, 4) is 0 Å². The number of aryl methyl sites for hydroxylation is 1. The summed E-state index contributed by atoms with van der Waals surface area (Å²) in [5.74, 6) is 0. The molecule has 0 spiro atoms. The highest BCUT2D eigenvalue weighted by Crippen LogP contribution is 2.34. The number of thiophene rings is 2. The Morgan fingerprint density at radius 3 is 1.83 bits per heavy atom. The van der Waals surface area contributed by atoms with Crippen LogP contribution in [0.15, 0.2) is 5.38 Å². The van der Waals surface area contributed by atoms with Crippen LogP contribution in [0.25, 0.3) is 12.2 Å². The van der Waals surface area contributed by atoms with Gasteiger partial charge in [-0.05, 0) is 91.2 Å². The second-order valence-corrected chi connectivity index (χ2v) is 10.4. The van der Waals surface area contributed by atoms with Gasteiger partial charge in [0.1, 0.15) is 0 Å². The molecule has 0 aromatic carbocycles. The van der Waals surface area contributed by atoms with E-state index in [0.717, 1.165) is 12.8 Å². The third kappa shape index (κ3) is 7.07. The van der Waals surface area contributed by atoms with Gasteiger partial charge in [0, 0.05) is 14.6 Å². The Labute approximate surface area is 193 Å². The molecule has 0 saturated heterocycles. The maximum absolute atomic E-state index is 9.98. The van der Waals surface area contributed by atoms with Gasteiger partial charge in [-0.15, -0.1) is 22.7 Å². The van der Waals surface area contributed by atoms with Crippen molar-refractivity contribution in [3.63, 3.8) is 0 Å². The molecule has 0 aliphatic rings. The van der Waals surface area contributed by atoms with Gasteiger partial charge in [0.15, 0.2) is 0 Å². The minimum Gasteiger partial charge on any atom is -0.391 e. The molecule has 0 aliphatic carbocycles.